The Kier molecular flexibility index (Phi) is 3.37. The average Bonchev–Trinajstić information content (AvgIpc) is 2.39. The number of carbonyl (C=O) groups is 1. The van der Waals surface area contributed by atoms with Gasteiger partial charge in [-0.25, -0.2) is 9.18 Å². The second-order valence-electron chi connectivity index (χ2n) is 4.11. The van der Waals surface area contributed by atoms with E-state index in [0.29, 0.717) is 11.4 Å². The Labute approximate surface area is 109 Å². The molecule has 2 aromatic carbocycles. The first-order valence-corrected chi connectivity index (χ1v) is 5.61. The number of halogens is 1. The van der Waals surface area contributed by atoms with Gasteiger partial charge in [0.15, 0.2) is 0 Å². The minimum atomic E-state index is -1.02. The van der Waals surface area contributed by atoms with Crippen molar-refractivity contribution in [3.8, 4) is 0 Å². The molecule has 0 aliphatic heterocycles. The first kappa shape index (κ1) is 12.9. The smallest absolute Gasteiger partial charge is 0.335 e. The molecular formula is C14H13FN2O2. The highest BCUT2D eigenvalue weighted by molar-refractivity contribution is 5.91. The number of carboxylic acid groups (broad SMARTS) is 1. The van der Waals surface area contributed by atoms with Crippen LogP contribution in [0.1, 0.15) is 10.4 Å². The van der Waals surface area contributed by atoms with Crippen molar-refractivity contribution in [2.75, 3.05) is 17.7 Å². The van der Waals surface area contributed by atoms with E-state index in [1.807, 2.05) is 0 Å². The van der Waals surface area contributed by atoms with E-state index in [1.54, 1.807) is 30.1 Å². The summed E-state index contributed by atoms with van der Waals surface area (Å²) in [6, 6.07) is 10.3. The van der Waals surface area contributed by atoms with E-state index >= 15 is 0 Å². The summed E-state index contributed by atoms with van der Waals surface area (Å²) >= 11 is 0. The molecule has 2 rings (SSSR count). The molecule has 2 aromatic rings. The lowest BCUT2D eigenvalue weighted by atomic mass is 10.1. The maximum Gasteiger partial charge on any atom is 0.335 e. The third-order valence-corrected chi connectivity index (χ3v) is 2.85. The van der Waals surface area contributed by atoms with Gasteiger partial charge in [0.05, 0.1) is 16.9 Å². The number of carboxylic acids is 1. The highest BCUT2D eigenvalue weighted by atomic mass is 19.1. The molecule has 0 bridgehead atoms. The molecule has 3 N–H and O–H groups in total. The average molecular weight is 260 g/mol. The van der Waals surface area contributed by atoms with Crippen LogP contribution in [-0.2, 0) is 0 Å². The molecule has 0 fully saturated rings. The Morgan fingerprint density at radius 1 is 1.21 bits per heavy atom. The number of hydrogen-bond donors (Lipinski definition) is 2. The van der Waals surface area contributed by atoms with Crippen LogP contribution in [0.4, 0.5) is 21.5 Å². The van der Waals surface area contributed by atoms with Crippen molar-refractivity contribution in [3.63, 3.8) is 0 Å². The Hall–Kier alpha value is -2.56. The standard InChI is InChI=1S/C14H13FN2O2/c1-17(11-5-3-10(15)4-6-11)13-8-9(14(18)19)2-7-12(13)16/h2-8H,16H2,1H3,(H,18,19). The quantitative estimate of drug-likeness (QED) is 0.833. The van der Waals surface area contributed by atoms with Crippen LogP contribution in [0.3, 0.4) is 0 Å². The summed E-state index contributed by atoms with van der Waals surface area (Å²) in [7, 11) is 1.74. The lowest BCUT2D eigenvalue weighted by molar-refractivity contribution is 0.0697. The van der Waals surface area contributed by atoms with Crippen LogP contribution in [0, 0.1) is 5.82 Å². The lowest BCUT2D eigenvalue weighted by Crippen LogP contribution is -2.12. The van der Waals surface area contributed by atoms with Gasteiger partial charge in [0, 0.05) is 12.7 Å². The molecule has 0 radical (unpaired) electrons. The van der Waals surface area contributed by atoms with Gasteiger partial charge in [-0.3, -0.25) is 0 Å². The third-order valence-electron chi connectivity index (χ3n) is 2.85. The van der Waals surface area contributed by atoms with Crippen LogP contribution in [0.15, 0.2) is 42.5 Å². The van der Waals surface area contributed by atoms with E-state index in [4.69, 9.17) is 10.8 Å². The molecule has 0 unspecified atom stereocenters. The minimum absolute atomic E-state index is 0.151. The van der Waals surface area contributed by atoms with Gasteiger partial charge in [0.25, 0.3) is 0 Å². The zero-order valence-electron chi connectivity index (χ0n) is 10.3. The molecule has 0 saturated carbocycles. The fraction of sp³-hybridized carbons (Fsp3) is 0.0714. The van der Waals surface area contributed by atoms with Crippen molar-refractivity contribution in [1.29, 1.82) is 0 Å². The van der Waals surface area contributed by atoms with Gasteiger partial charge in [-0.05, 0) is 42.5 Å². The fourth-order valence-corrected chi connectivity index (χ4v) is 1.77. The Balaban J connectivity index is 2.42. The van der Waals surface area contributed by atoms with E-state index in [9.17, 15) is 9.18 Å². The van der Waals surface area contributed by atoms with Crippen LogP contribution >= 0.6 is 0 Å². The van der Waals surface area contributed by atoms with Crippen LogP contribution in [-0.4, -0.2) is 18.1 Å². The fourth-order valence-electron chi connectivity index (χ4n) is 1.77. The Bertz CT molecular complexity index is 611. The zero-order valence-corrected chi connectivity index (χ0v) is 10.3. The predicted molar refractivity (Wildman–Crippen MR) is 72.3 cm³/mol. The molecule has 98 valence electrons. The predicted octanol–water partition coefficient (Wildman–Crippen LogP) is 2.87. The van der Waals surface area contributed by atoms with Gasteiger partial charge in [-0.2, -0.15) is 0 Å². The Morgan fingerprint density at radius 2 is 1.84 bits per heavy atom. The van der Waals surface area contributed by atoms with Crippen molar-refractivity contribution in [3.05, 3.63) is 53.8 Å². The van der Waals surface area contributed by atoms with Gasteiger partial charge in [-0.1, -0.05) is 0 Å². The summed E-state index contributed by atoms with van der Waals surface area (Å²) in [5.74, 6) is -1.35. The van der Waals surface area contributed by atoms with Gasteiger partial charge in [-0.15, -0.1) is 0 Å². The molecule has 4 nitrogen and oxygen atoms in total. The third kappa shape index (κ3) is 2.65. The summed E-state index contributed by atoms with van der Waals surface area (Å²) < 4.78 is 12.9. The van der Waals surface area contributed by atoms with Crippen LogP contribution in [0.5, 0.6) is 0 Å². The van der Waals surface area contributed by atoms with Crippen LogP contribution in [0.2, 0.25) is 0 Å². The normalized spacial score (nSPS) is 10.2. The second-order valence-corrected chi connectivity index (χ2v) is 4.11. The van der Waals surface area contributed by atoms with Gasteiger partial charge in [0.1, 0.15) is 5.82 Å². The Morgan fingerprint density at radius 3 is 2.42 bits per heavy atom. The number of aromatic carboxylic acids is 1. The number of benzene rings is 2. The molecule has 0 saturated heterocycles. The van der Waals surface area contributed by atoms with Crippen molar-refractivity contribution >= 4 is 23.0 Å². The summed E-state index contributed by atoms with van der Waals surface area (Å²) in [6.07, 6.45) is 0. The first-order chi connectivity index (χ1) is 8.99. The number of anilines is 3. The molecule has 0 spiro atoms. The maximum absolute atomic E-state index is 12.9. The van der Waals surface area contributed by atoms with Gasteiger partial charge in [0.2, 0.25) is 0 Å². The van der Waals surface area contributed by atoms with Crippen molar-refractivity contribution < 1.29 is 14.3 Å². The topological polar surface area (TPSA) is 66.6 Å². The van der Waals surface area contributed by atoms with Gasteiger partial charge < -0.3 is 15.7 Å². The van der Waals surface area contributed by atoms with Crippen molar-refractivity contribution in [2.24, 2.45) is 0 Å². The molecule has 19 heavy (non-hydrogen) atoms. The van der Waals surface area contributed by atoms with Crippen LogP contribution < -0.4 is 10.6 Å². The number of nitrogens with two attached hydrogens (primary N) is 1. The SMILES string of the molecule is CN(c1ccc(F)cc1)c1cc(C(=O)O)ccc1N. The molecule has 0 amide bonds. The van der Waals surface area contributed by atoms with E-state index in [2.05, 4.69) is 0 Å². The molecule has 5 heteroatoms. The molecular weight excluding hydrogens is 247 g/mol. The summed E-state index contributed by atoms with van der Waals surface area (Å²) in [5.41, 5.74) is 7.74. The van der Waals surface area contributed by atoms with E-state index < -0.39 is 5.97 Å². The number of hydrogen-bond acceptors (Lipinski definition) is 3. The number of rotatable bonds is 3. The summed E-state index contributed by atoms with van der Waals surface area (Å²) in [6.45, 7) is 0. The lowest BCUT2D eigenvalue weighted by Gasteiger charge is -2.21. The molecule has 0 aromatic heterocycles. The maximum atomic E-state index is 12.9. The first-order valence-electron chi connectivity index (χ1n) is 5.61. The zero-order chi connectivity index (χ0) is 14.0. The van der Waals surface area contributed by atoms with E-state index in [-0.39, 0.29) is 11.4 Å². The summed E-state index contributed by atoms with van der Waals surface area (Å²) in [4.78, 5) is 12.7. The van der Waals surface area contributed by atoms with Crippen molar-refractivity contribution in [1.82, 2.24) is 0 Å². The number of nitrogens with zero attached hydrogens (tertiary/aromatic N) is 1. The largest absolute Gasteiger partial charge is 0.478 e. The van der Waals surface area contributed by atoms with Crippen LogP contribution in [0.25, 0.3) is 0 Å². The van der Waals surface area contributed by atoms with Gasteiger partial charge >= 0.3 is 5.97 Å². The van der Waals surface area contributed by atoms with Crippen molar-refractivity contribution in [2.45, 2.75) is 0 Å². The molecule has 0 aliphatic carbocycles. The molecule has 0 aliphatic rings. The van der Waals surface area contributed by atoms with E-state index in [1.165, 1.54) is 24.3 Å². The molecule has 0 heterocycles. The second kappa shape index (κ2) is 4.97. The highest BCUT2D eigenvalue weighted by Crippen LogP contribution is 2.29. The monoisotopic (exact) mass is 260 g/mol. The minimum Gasteiger partial charge on any atom is -0.478 e. The summed E-state index contributed by atoms with van der Waals surface area (Å²) in [5, 5.41) is 8.98. The molecule has 0 atom stereocenters. The number of nitrogen functional groups attached to an aromatic ring is 1. The van der Waals surface area contributed by atoms with E-state index in [0.717, 1.165) is 5.69 Å². The highest BCUT2D eigenvalue weighted by Gasteiger charge is 2.11.